The van der Waals surface area contributed by atoms with Gasteiger partial charge < -0.3 is 4.74 Å². The summed E-state index contributed by atoms with van der Waals surface area (Å²) in [6.07, 6.45) is 0. The smallest absolute Gasteiger partial charge is 0.146 e. The van der Waals surface area contributed by atoms with Crippen LogP contribution in [-0.2, 0) is 6.61 Å². The van der Waals surface area contributed by atoms with E-state index in [9.17, 15) is 8.78 Å². The number of halogens is 3. The minimum Gasteiger partial charge on any atom is -0.489 e. The zero-order valence-electron chi connectivity index (χ0n) is 10.6. The van der Waals surface area contributed by atoms with Crippen LogP contribution >= 0.6 is 15.9 Å². The molecule has 4 heteroatoms. The van der Waals surface area contributed by atoms with Crippen LogP contribution < -0.4 is 4.74 Å². The number of aryl methyl sites for hydroxylation is 2. The number of ether oxygens (including phenoxy) is 1. The molecule has 0 aliphatic rings. The van der Waals surface area contributed by atoms with E-state index in [4.69, 9.17) is 4.74 Å². The van der Waals surface area contributed by atoms with Crippen LogP contribution in [0.1, 0.15) is 16.7 Å². The maximum Gasteiger partial charge on any atom is 0.146 e. The summed E-state index contributed by atoms with van der Waals surface area (Å²) in [5.41, 5.74) is 2.02. The van der Waals surface area contributed by atoms with Crippen LogP contribution in [0.25, 0.3) is 0 Å². The summed E-state index contributed by atoms with van der Waals surface area (Å²) in [5.74, 6) is -0.620. The molecule has 0 radical (unpaired) electrons. The van der Waals surface area contributed by atoms with Crippen molar-refractivity contribution in [2.24, 2.45) is 0 Å². The first kappa shape index (κ1) is 14.0. The molecule has 0 amide bonds. The topological polar surface area (TPSA) is 9.23 Å². The van der Waals surface area contributed by atoms with Gasteiger partial charge in [0.2, 0.25) is 0 Å². The lowest BCUT2D eigenvalue weighted by Gasteiger charge is -2.10. The van der Waals surface area contributed by atoms with Gasteiger partial charge in [-0.25, -0.2) is 8.78 Å². The highest BCUT2D eigenvalue weighted by molar-refractivity contribution is 9.10. The number of rotatable bonds is 3. The summed E-state index contributed by atoms with van der Waals surface area (Å²) in [6, 6.07) is 8.23. The van der Waals surface area contributed by atoms with E-state index in [1.807, 2.05) is 32.0 Å². The fourth-order valence-corrected chi connectivity index (χ4v) is 2.24. The van der Waals surface area contributed by atoms with Crippen molar-refractivity contribution in [2.45, 2.75) is 20.5 Å². The molecule has 0 unspecified atom stereocenters. The van der Waals surface area contributed by atoms with Gasteiger partial charge in [0, 0.05) is 0 Å². The molecule has 0 aromatic heterocycles. The second kappa shape index (κ2) is 5.70. The molecule has 1 nitrogen and oxygen atoms in total. The standard InChI is InChI=1S/C15H13BrF2O/c1-9-5-10(2)7-11(6-9)19-8-12-14(17)4-3-13(16)15(12)18/h3-7H,8H2,1-2H3. The second-order valence-electron chi connectivity index (χ2n) is 4.43. The Kier molecular flexibility index (Phi) is 4.20. The van der Waals surface area contributed by atoms with Crippen molar-refractivity contribution in [3.8, 4) is 5.75 Å². The Balaban J connectivity index is 2.21. The summed E-state index contributed by atoms with van der Waals surface area (Å²) in [5, 5.41) is 0. The summed E-state index contributed by atoms with van der Waals surface area (Å²) in [6.45, 7) is 3.75. The van der Waals surface area contributed by atoms with Crippen molar-refractivity contribution in [3.05, 3.63) is 63.1 Å². The Labute approximate surface area is 119 Å². The SMILES string of the molecule is Cc1cc(C)cc(OCc2c(F)ccc(Br)c2F)c1. The number of hydrogen-bond donors (Lipinski definition) is 0. The van der Waals surface area contributed by atoms with Crippen LogP contribution in [0, 0.1) is 25.5 Å². The third-order valence-electron chi connectivity index (χ3n) is 2.72. The predicted octanol–water partition coefficient (Wildman–Crippen LogP) is 4.92. The lowest BCUT2D eigenvalue weighted by molar-refractivity contribution is 0.292. The van der Waals surface area contributed by atoms with Gasteiger partial charge in [-0.3, -0.25) is 0 Å². The highest BCUT2D eigenvalue weighted by Crippen LogP contribution is 2.24. The summed E-state index contributed by atoms with van der Waals surface area (Å²) < 4.78 is 33.0. The lowest BCUT2D eigenvalue weighted by Crippen LogP contribution is -2.03. The van der Waals surface area contributed by atoms with Gasteiger partial charge in [0.1, 0.15) is 24.0 Å². The third-order valence-corrected chi connectivity index (χ3v) is 3.33. The normalized spacial score (nSPS) is 10.6. The molecule has 2 rings (SSSR count). The highest BCUT2D eigenvalue weighted by Gasteiger charge is 2.13. The average Bonchev–Trinajstić information content (AvgIpc) is 2.33. The Hall–Kier alpha value is -1.42. The van der Waals surface area contributed by atoms with Gasteiger partial charge in [-0.1, -0.05) is 6.07 Å². The van der Waals surface area contributed by atoms with Gasteiger partial charge in [-0.15, -0.1) is 0 Å². The molecule has 0 atom stereocenters. The highest BCUT2D eigenvalue weighted by atomic mass is 79.9. The Bertz CT molecular complexity index is 591. The zero-order valence-corrected chi connectivity index (χ0v) is 12.2. The van der Waals surface area contributed by atoms with Gasteiger partial charge in [-0.2, -0.15) is 0 Å². The van der Waals surface area contributed by atoms with Gasteiger partial charge in [0.25, 0.3) is 0 Å². The molecule has 19 heavy (non-hydrogen) atoms. The van der Waals surface area contributed by atoms with E-state index in [-0.39, 0.29) is 16.6 Å². The largest absolute Gasteiger partial charge is 0.489 e. The van der Waals surface area contributed by atoms with Crippen molar-refractivity contribution in [1.82, 2.24) is 0 Å². The van der Waals surface area contributed by atoms with E-state index < -0.39 is 11.6 Å². The van der Waals surface area contributed by atoms with Crippen molar-refractivity contribution >= 4 is 15.9 Å². The van der Waals surface area contributed by atoms with Crippen LogP contribution in [0.3, 0.4) is 0 Å². The van der Waals surface area contributed by atoms with E-state index in [2.05, 4.69) is 15.9 Å². The average molecular weight is 327 g/mol. The molecule has 100 valence electrons. The first-order valence-corrected chi connectivity index (χ1v) is 6.60. The molecular weight excluding hydrogens is 314 g/mol. The second-order valence-corrected chi connectivity index (χ2v) is 5.29. The molecule has 0 saturated carbocycles. The van der Waals surface area contributed by atoms with Crippen molar-refractivity contribution in [1.29, 1.82) is 0 Å². The maximum absolute atomic E-state index is 13.8. The third kappa shape index (κ3) is 3.32. The summed E-state index contributed by atoms with van der Waals surface area (Å²) in [4.78, 5) is 0. The summed E-state index contributed by atoms with van der Waals surface area (Å²) >= 11 is 3.03. The molecule has 0 spiro atoms. The quantitative estimate of drug-likeness (QED) is 0.727. The Morgan fingerprint density at radius 3 is 2.32 bits per heavy atom. The van der Waals surface area contributed by atoms with E-state index in [0.717, 1.165) is 11.1 Å². The summed E-state index contributed by atoms with van der Waals surface area (Å²) in [7, 11) is 0. The molecular formula is C15H13BrF2O. The first-order valence-electron chi connectivity index (χ1n) is 5.81. The molecule has 0 heterocycles. The fourth-order valence-electron chi connectivity index (χ4n) is 1.87. The van der Waals surface area contributed by atoms with Crippen LogP contribution in [0.5, 0.6) is 5.75 Å². The van der Waals surface area contributed by atoms with Gasteiger partial charge in [0.15, 0.2) is 0 Å². The molecule has 0 N–H and O–H groups in total. The molecule has 2 aromatic rings. The molecule has 0 aliphatic carbocycles. The minimum atomic E-state index is -0.621. The number of hydrogen-bond acceptors (Lipinski definition) is 1. The van der Waals surface area contributed by atoms with Crippen LogP contribution in [0.4, 0.5) is 8.78 Å². The van der Waals surface area contributed by atoms with Gasteiger partial charge in [0.05, 0.1) is 10.0 Å². The zero-order chi connectivity index (χ0) is 14.0. The monoisotopic (exact) mass is 326 g/mol. The number of benzene rings is 2. The van der Waals surface area contributed by atoms with E-state index in [1.165, 1.54) is 12.1 Å². The van der Waals surface area contributed by atoms with E-state index >= 15 is 0 Å². The van der Waals surface area contributed by atoms with Crippen molar-refractivity contribution in [2.75, 3.05) is 0 Å². The van der Waals surface area contributed by atoms with E-state index in [0.29, 0.717) is 5.75 Å². The lowest BCUT2D eigenvalue weighted by atomic mass is 10.1. The molecule has 0 bridgehead atoms. The molecule has 0 saturated heterocycles. The molecule has 0 aliphatic heterocycles. The predicted molar refractivity (Wildman–Crippen MR) is 74.3 cm³/mol. The van der Waals surface area contributed by atoms with Crippen LogP contribution in [0.15, 0.2) is 34.8 Å². The Morgan fingerprint density at radius 1 is 1.05 bits per heavy atom. The van der Waals surface area contributed by atoms with Crippen molar-refractivity contribution in [3.63, 3.8) is 0 Å². The van der Waals surface area contributed by atoms with E-state index in [1.54, 1.807) is 0 Å². The maximum atomic E-state index is 13.8. The van der Waals surface area contributed by atoms with Crippen LogP contribution in [-0.4, -0.2) is 0 Å². The fraction of sp³-hybridized carbons (Fsp3) is 0.200. The Morgan fingerprint density at radius 2 is 1.68 bits per heavy atom. The van der Waals surface area contributed by atoms with Gasteiger partial charge in [-0.05, 0) is 65.2 Å². The molecule has 0 fully saturated rings. The first-order chi connectivity index (χ1) is 8.97. The van der Waals surface area contributed by atoms with Crippen molar-refractivity contribution < 1.29 is 13.5 Å². The van der Waals surface area contributed by atoms with Gasteiger partial charge >= 0.3 is 0 Å². The molecule has 2 aromatic carbocycles. The van der Waals surface area contributed by atoms with Crippen LogP contribution in [0.2, 0.25) is 0 Å². The minimum absolute atomic E-state index is 0.0754.